The van der Waals surface area contributed by atoms with Gasteiger partial charge in [-0.1, -0.05) is 152 Å². The molecule has 2 aliphatic heterocycles. The van der Waals surface area contributed by atoms with Gasteiger partial charge in [0.1, 0.15) is 5.58 Å². The summed E-state index contributed by atoms with van der Waals surface area (Å²) in [5.41, 5.74) is 27.5. The minimum Gasteiger partial charge on any atom is -0.468 e. The van der Waals surface area contributed by atoms with Crippen molar-refractivity contribution in [1.29, 1.82) is 0 Å². The van der Waals surface area contributed by atoms with Crippen LogP contribution in [0, 0.1) is 13.8 Å². The molecule has 0 radical (unpaired) electrons. The molecule has 0 bridgehead atoms. The summed E-state index contributed by atoms with van der Waals surface area (Å²) in [6.07, 6.45) is 6.97. The van der Waals surface area contributed by atoms with Crippen LogP contribution in [0.1, 0.15) is 192 Å². The van der Waals surface area contributed by atoms with E-state index in [1.165, 1.54) is 118 Å². The second-order valence-corrected chi connectivity index (χ2v) is 28.4. The lowest BCUT2D eigenvalue weighted by molar-refractivity contribution is 0.332. The summed E-state index contributed by atoms with van der Waals surface area (Å²) in [4.78, 5) is 5.35. The van der Waals surface area contributed by atoms with E-state index in [9.17, 15) is 0 Å². The second kappa shape index (κ2) is 15.1. The van der Waals surface area contributed by atoms with Crippen LogP contribution in [0.4, 0.5) is 34.1 Å². The third-order valence-corrected chi connectivity index (χ3v) is 19.3. The molecule has 5 aliphatic rings. The summed E-state index contributed by atoms with van der Waals surface area (Å²) in [5, 5.41) is 1.23. The van der Waals surface area contributed by atoms with Gasteiger partial charge in [0.05, 0.1) is 17.0 Å². The van der Waals surface area contributed by atoms with Crippen LogP contribution in [0.2, 0.25) is 0 Å². The summed E-state index contributed by atoms with van der Waals surface area (Å²) in [6.45, 7) is 41.0. The zero-order valence-corrected chi connectivity index (χ0v) is 46.9. The molecule has 3 nitrogen and oxygen atoms in total. The van der Waals surface area contributed by atoms with Gasteiger partial charge < -0.3 is 14.2 Å². The lowest BCUT2D eigenvalue weighted by Gasteiger charge is -2.47. The van der Waals surface area contributed by atoms with Crippen molar-refractivity contribution in [2.24, 2.45) is 0 Å². The van der Waals surface area contributed by atoms with Gasteiger partial charge >= 0.3 is 0 Å². The molecule has 0 saturated carbocycles. The zero-order valence-electron chi connectivity index (χ0n) is 46.9. The predicted molar refractivity (Wildman–Crippen MR) is 310 cm³/mol. The van der Waals surface area contributed by atoms with E-state index in [0.29, 0.717) is 0 Å². The fraction of sp³-hybridized carbons (Fsp3) is 0.441. The van der Waals surface area contributed by atoms with Crippen LogP contribution >= 0.6 is 0 Å². The van der Waals surface area contributed by atoms with Crippen molar-refractivity contribution in [1.82, 2.24) is 0 Å². The molecular weight excluding hydrogens is 872 g/mol. The first-order valence-electron chi connectivity index (χ1n) is 27.5. The average Bonchev–Trinajstić information content (AvgIpc) is 3.68. The Balaban J connectivity index is 1.23. The maximum atomic E-state index is 7.77. The molecule has 3 aliphatic carbocycles. The topological polar surface area (TPSA) is 19.6 Å². The van der Waals surface area contributed by atoms with Crippen LogP contribution in [0.5, 0.6) is 0 Å². The van der Waals surface area contributed by atoms with Gasteiger partial charge in [-0.25, -0.2) is 0 Å². The van der Waals surface area contributed by atoms with Gasteiger partial charge in [0.2, 0.25) is 0 Å². The molecule has 0 unspecified atom stereocenters. The highest BCUT2D eigenvalue weighted by Gasteiger charge is 2.50. The number of benzene rings is 6. The molecule has 0 amide bonds. The first kappa shape index (κ1) is 47.5. The summed E-state index contributed by atoms with van der Waals surface area (Å²) >= 11 is 0. The van der Waals surface area contributed by atoms with Crippen LogP contribution in [0.25, 0.3) is 22.1 Å². The van der Waals surface area contributed by atoms with Crippen molar-refractivity contribution in [2.75, 3.05) is 9.80 Å². The fourth-order valence-corrected chi connectivity index (χ4v) is 14.1. The quantitative estimate of drug-likeness (QED) is 0.165. The van der Waals surface area contributed by atoms with E-state index in [1.807, 2.05) is 0 Å². The molecule has 3 heterocycles. The highest BCUT2D eigenvalue weighted by Crippen LogP contribution is 2.56. The minimum absolute atomic E-state index is 0.0137. The second-order valence-electron chi connectivity index (χ2n) is 28.4. The monoisotopic (exact) mass is 951 g/mol. The van der Waals surface area contributed by atoms with E-state index in [-0.39, 0.29) is 44.6 Å². The van der Waals surface area contributed by atoms with Crippen molar-refractivity contribution in [3.63, 3.8) is 0 Å². The largest absolute Gasteiger partial charge is 0.468 e. The van der Waals surface area contributed by atoms with Gasteiger partial charge in [-0.05, 0) is 206 Å². The first-order valence-corrected chi connectivity index (χ1v) is 27.5. The smallest absolute Gasteiger partial charge is 0.297 e. The van der Waals surface area contributed by atoms with E-state index < -0.39 is 0 Å². The Morgan fingerprint density at radius 2 is 0.972 bits per heavy atom. The third kappa shape index (κ3) is 6.95. The number of furan rings is 1. The fourth-order valence-electron chi connectivity index (χ4n) is 14.1. The Morgan fingerprint density at radius 1 is 0.458 bits per heavy atom. The molecule has 1 aromatic heterocycles. The molecule has 0 N–H and O–H groups in total. The van der Waals surface area contributed by atoms with Crippen molar-refractivity contribution in [3.05, 3.63) is 147 Å². The summed E-state index contributed by atoms with van der Waals surface area (Å²) in [7, 11) is 0. The normalized spacial score (nSPS) is 20.3. The van der Waals surface area contributed by atoms with Gasteiger partial charge in [-0.15, -0.1) is 0 Å². The number of fused-ring (bicyclic) bond motifs is 9. The molecule has 6 aromatic carbocycles. The molecule has 0 fully saturated rings. The molecule has 4 heteroatoms. The Hall–Kier alpha value is -5.48. The molecule has 72 heavy (non-hydrogen) atoms. The first-order chi connectivity index (χ1) is 33.6. The summed E-state index contributed by atoms with van der Waals surface area (Å²) < 4.78 is 7.77. The number of rotatable bonds is 3. The molecule has 7 aromatic rings. The lowest BCUT2D eigenvalue weighted by atomic mass is 9.35. The van der Waals surface area contributed by atoms with E-state index in [2.05, 4.69) is 225 Å². The maximum absolute atomic E-state index is 7.77. The molecule has 370 valence electrons. The van der Waals surface area contributed by atoms with Crippen LogP contribution in [0.15, 0.2) is 101 Å². The SMILES string of the molecule is Cc1ccc(-c2cc(C(C)(C)C)ccc2N2c3cc4c(cc3B3c5oc6cc7c(cc6c5N(c5ccc6c(c5)C(C)(C)CCC6(C)C)c5cc(C)cc2c53)C(C)(C)CCC7(C)C)C(C)(C)CCC4(C)C)cc1. The number of aryl methyl sites for hydroxylation is 2. The van der Waals surface area contributed by atoms with Crippen LogP contribution in [-0.2, 0) is 37.9 Å². The average molecular weight is 951 g/mol. The number of anilines is 6. The molecule has 0 saturated heterocycles. The standard InChI is InChI=1S/C68H79BN2O/c1-40-18-20-42(21-19-40)45-34-43(62(3,4)5)22-25-54(45)71-55-38-51-50(66(12,13)29-30-67(51,14)15)37-53(55)69-59-56(32-41(2)33-57(59)71)70(44-23-24-47-48(35-44)64(8,9)27-26-63(47,6)7)60-46-36-49-52(39-58(46)72-61(60)69)68(16,17)31-28-65(49,10)11/h18-25,32-39H,26-31H2,1-17H3. The van der Waals surface area contributed by atoms with E-state index in [1.54, 1.807) is 0 Å². The lowest BCUT2D eigenvalue weighted by Crippen LogP contribution is -2.61. The van der Waals surface area contributed by atoms with Gasteiger partial charge in [0.15, 0.2) is 0 Å². The Bertz CT molecular complexity index is 3440. The Kier molecular flexibility index (Phi) is 9.95. The maximum Gasteiger partial charge on any atom is 0.297 e. The van der Waals surface area contributed by atoms with Gasteiger partial charge in [0, 0.05) is 33.7 Å². The van der Waals surface area contributed by atoms with Crippen molar-refractivity contribution >= 4 is 68.4 Å². The number of hydrogen-bond acceptors (Lipinski definition) is 3. The van der Waals surface area contributed by atoms with Crippen molar-refractivity contribution in [2.45, 2.75) is 194 Å². The van der Waals surface area contributed by atoms with Crippen LogP contribution in [0.3, 0.4) is 0 Å². The van der Waals surface area contributed by atoms with Crippen LogP contribution in [-0.4, -0.2) is 6.71 Å². The molecule has 12 rings (SSSR count). The highest BCUT2D eigenvalue weighted by molar-refractivity contribution is 7.00. The summed E-state index contributed by atoms with van der Waals surface area (Å²) in [5.74, 6) is 0. The Morgan fingerprint density at radius 3 is 1.56 bits per heavy atom. The van der Waals surface area contributed by atoms with E-state index in [0.717, 1.165) is 43.3 Å². The molecular formula is C68H79BN2O. The van der Waals surface area contributed by atoms with E-state index >= 15 is 0 Å². The molecule has 0 atom stereocenters. The number of nitrogens with zero attached hydrogens (tertiary/aromatic N) is 2. The van der Waals surface area contributed by atoms with Gasteiger partial charge in [-0.2, -0.15) is 0 Å². The highest BCUT2D eigenvalue weighted by atomic mass is 16.3. The van der Waals surface area contributed by atoms with Crippen LogP contribution < -0.4 is 26.4 Å². The summed E-state index contributed by atoms with van der Waals surface area (Å²) in [6, 6.07) is 39.4. The number of hydrogen-bond donors (Lipinski definition) is 0. The Labute approximate surface area is 432 Å². The van der Waals surface area contributed by atoms with Crippen molar-refractivity contribution in [3.8, 4) is 11.1 Å². The minimum atomic E-state index is -0.130. The van der Waals surface area contributed by atoms with Gasteiger partial charge in [-0.3, -0.25) is 0 Å². The zero-order chi connectivity index (χ0) is 51.2. The predicted octanol–water partition coefficient (Wildman–Crippen LogP) is 17.1. The third-order valence-electron chi connectivity index (χ3n) is 19.3. The van der Waals surface area contributed by atoms with Gasteiger partial charge in [0.25, 0.3) is 6.71 Å². The van der Waals surface area contributed by atoms with E-state index in [4.69, 9.17) is 4.42 Å². The van der Waals surface area contributed by atoms with Crippen molar-refractivity contribution < 1.29 is 4.42 Å². The molecule has 0 spiro atoms.